The molecule has 0 spiro atoms. The van der Waals surface area contributed by atoms with Crippen molar-refractivity contribution in [3.05, 3.63) is 16.3 Å². The van der Waals surface area contributed by atoms with E-state index >= 15 is 0 Å². The lowest BCUT2D eigenvalue weighted by atomic mass is 10.4. The van der Waals surface area contributed by atoms with E-state index in [-0.39, 0.29) is 6.54 Å². The highest BCUT2D eigenvalue weighted by atomic mass is 32.2. The number of hydrogen-bond donors (Lipinski definition) is 2. The molecule has 108 valence electrons. The minimum atomic E-state index is -3.42. The number of hydrogen-bond acceptors (Lipinski definition) is 5. The maximum atomic E-state index is 12.1. The van der Waals surface area contributed by atoms with E-state index in [1.165, 1.54) is 24.2 Å². The van der Waals surface area contributed by atoms with Crippen molar-refractivity contribution in [3.8, 4) is 0 Å². The summed E-state index contributed by atoms with van der Waals surface area (Å²) in [5.74, 6) is 0. The zero-order valence-corrected chi connectivity index (χ0v) is 12.8. The molecule has 0 aromatic carbocycles. The lowest BCUT2D eigenvalue weighted by Crippen LogP contribution is -2.36. The number of likely N-dealkylation sites (N-methyl/N-ethyl adjacent to an activating group) is 1. The minimum absolute atomic E-state index is 0.261. The lowest BCUT2D eigenvalue weighted by molar-refractivity contribution is 0.282. The summed E-state index contributed by atoms with van der Waals surface area (Å²) in [4.78, 5) is 3.36. The van der Waals surface area contributed by atoms with Crippen LogP contribution in [0.25, 0.3) is 0 Å². The SMILES string of the molecule is CCN(CCNS(=O)(=O)c1ccsc1CN)C1CC1. The Morgan fingerprint density at radius 2 is 2.26 bits per heavy atom. The fourth-order valence-corrected chi connectivity index (χ4v) is 4.51. The van der Waals surface area contributed by atoms with Gasteiger partial charge in [0.25, 0.3) is 0 Å². The molecule has 0 unspecified atom stereocenters. The van der Waals surface area contributed by atoms with Gasteiger partial charge in [0.05, 0.1) is 4.90 Å². The van der Waals surface area contributed by atoms with Crippen molar-refractivity contribution in [2.45, 2.75) is 37.2 Å². The van der Waals surface area contributed by atoms with Gasteiger partial charge < -0.3 is 5.73 Å². The Bertz CT molecular complexity index is 509. The summed E-state index contributed by atoms with van der Waals surface area (Å²) < 4.78 is 27.0. The third-order valence-corrected chi connectivity index (χ3v) is 5.96. The second-order valence-electron chi connectivity index (χ2n) is 4.67. The highest BCUT2D eigenvalue weighted by Crippen LogP contribution is 2.26. The van der Waals surface area contributed by atoms with Crippen LogP contribution in [0.4, 0.5) is 0 Å². The number of nitrogens with two attached hydrogens (primary N) is 1. The van der Waals surface area contributed by atoms with Crippen LogP contribution in [0.1, 0.15) is 24.6 Å². The fourth-order valence-electron chi connectivity index (χ4n) is 2.16. The van der Waals surface area contributed by atoms with Crippen molar-refractivity contribution >= 4 is 21.4 Å². The van der Waals surface area contributed by atoms with Crippen molar-refractivity contribution in [3.63, 3.8) is 0 Å². The highest BCUT2D eigenvalue weighted by molar-refractivity contribution is 7.89. The van der Waals surface area contributed by atoms with Crippen molar-refractivity contribution in [1.82, 2.24) is 9.62 Å². The average Bonchev–Trinajstić information content (AvgIpc) is 3.10. The Morgan fingerprint density at radius 1 is 1.53 bits per heavy atom. The zero-order chi connectivity index (χ0) is 13.9. The summed E-state index contributed by atoms with van der Waals surface area (Å²) in [5, 5.41) is 1.76. The molecule has 0 amide bonds. The van der Waals surface area contributed by atoms with Crippen LogP contribution in [0, 0.1) is 0 Å². The molecule has 1 saturated carbocycles. The van der Waals surface area contributed by atoms with Crippen molar-refractivity contribution < 1.29 is 8.42 Å². The highest BCUT2D eigenvalue weighted by Gasteiger charge is 2.27. The Kier molecular flexibility index (Phi) is 4.97. The van der Waals surface area contributed by atoms with Crippen LogP contribution < -0.4 is 10.5 Å². The number of rotatable bonds is 8. The first-order valence-corrected chi connectivity index (χ1v) is 8.95. The predicted octanol–water partition coefficient (Wildman–Crippen LogP) is 0.969. The molecule has 7 heteroatoms. The summed E-state index contributed by atoms with van der Waals surface area (Å²) in [6.45, 7) is 4.56. The third-order valence-electron chi connectivity index (χ3n) is 3.34. The predicted molar refractivity (Wildman–Crippen MR) is 77.7 cm³/mol. The molecule has 5 nitrogen and oxygen atoms in total. The van der Waals surface area contributed by atoms with Gasteiger partial charge in [-0.2, -0.15) is 0 Å². The van der Waals surface area contributed by atoms with E-state index in [1.807, 2.05) is 0 Å². The molecular formula is C12H21N3O2S2. The standard InChI is InChI=1S/C12H21N3O2S2/c1-2-15(10-3-4-10)7-6-14-19(16,17)12-5-8-18-11(12)9-13/h5,8,10,14H,2-4,6-7,9,13H2,1H3. The molecule has 1 heterocycles. The van der Waals surface area contributed by atoms with Gasteiger partial charge in [-0.05, 0) is 30.8 Å². The number of sulfonamides is 1. The third kappa shape index (κ3) is 3.76. The monoisotopic (exact) mass is 303 g/mol. The first kappa shape index (κ1) is 14.9. The van der Waals surface area contributed by atoms with Crippen LogP contribution in [0.5, 0.6) is 0 Å². The van der Waals surface area contributed by atoms with Crippen LogP contribution in [-0.4, -0.2) is 39.0 Å². The van der Waals surface area contributed by atoms with Crippen molar-refractivity contribution in [1.29, 1.82) is 0 Å². The smallest absolute Gasteiger partial charge is 0.241 e. The molecule has 1 aromatic rings. The van der Waals surface area contributed by atoms with E-state index in [2.05, 4.69) is 16.5 Å². The number of nitrogens with one attached hydrogen (secondary N) is 1. The van der Waals surface area contributed by atoms with Crippen LogP contribution in [-0.2, 0) is 16.6 Å². The van der Waals surface area contributed by atoms with Crippen molar-refractivity contribution in [2.24, 2.45) is 5.73 Å². The van der Waals surface area contributed by atoms with Gasteiger partial charge in [0.2, 0.25) is 10.0 Å². The summed E-state index contributed by atoms with van der Waals surface area (Å²) in [5.41, 5.74) is 5.55. The quantitative estimate of drug-likeness (QED) is 0.750. The van der Waals surface area contributed by atoms with Gasteiger partial charge in [-0.1, -0.05) is 6.92 Å². The molecule has 0 atom stereocenters. The molecule has 1 fully saturated rings. The Morgan fingerprint density at radius 3 is 2.84 bits per heavy atom. The second kappa shape index (κ2) is 6.32. The second-order valence-corrected chi connectivity index (χ2v) is 7.41. The topological polar surface area (TPSA) is 75.4 Å². The van der Waals surface area contributed by atoms with E-state index in [1.54, 1.807) is 11.4 Å². The van der Waals surface area contributed by atoms with Crippen LogP contribution in [0.3, 0.4) is 0 Å². The van der Waals surface area contributed by atoms with Gasteiger partial charge in [0, 0.05) is 30.6 Å². The van der Waals surface area contributed by atoms with E-state index in [9.17, 15) is 8.42 Å². The Labute approximate surface area is 118 Å². The molecule has 0 bridgehead atoms. The van der Waals surface area contributed by atoms with Gasteiger partial charge >= 0.3 is 0 Å². The number of thiophene rings is 1. The molecule has 1 aliphatic rings. The van der Waals surface area contributed by atoms with Gasteiger partial charge in [0.15, 0.2) is 0 Å². The lowest BCUT2D eigenvalue weighted by Gasteiger charge is -2.19. The average molecular weight is 303 g/mol. The molecule has 0 saturated heterocycles. The van der Waals surface area contributed by atoms with Gasteiger partial charge in [-0.25, -0.2) is 13.1 Å². The zero-order valence-electron chi connectivity index (χ0n) is 11.1. The van der Waals surface area contributed by atoms with Crippen LogP contribution in [0.2, 0.25) is 0 Å². The van der Waals surface area contributed by atoms with Crippen molar-refractivity contribution in [2.75, 3.05) is 19.6 Å². The maximum absolute atomic E-state index is 12.1. The first-order valence-electron chi connectivity index (χ1n) is 6.58. The molecule has 2 rings (SSSR count). The molecule has 19 heavy (non-hydrogen) atoms. The first-order chi connectivity index (χ1) is 9.08. The fraction of sp³-hybridized carbons (Fsp3) is 0.667. The molecular weight excluding hydrogens is 282 g/mol. The summed E-state index contributed by atoms with van der Waals surface area (Å²) in [6.07, 6.45) is 2.48. The Hall–Kier alpha value is -0.470. The van der Waals surface area contributed by atoms with Gasteiger partial charge in [-0.3, -0.25) is 4.90 Å². The molecule has 1 aliphatic carbocycles. The Balaban J connectivity index is 1.90. The normalized spacial score (nSPS) is 16.2. The van der Waals surface area contributed by atoms with E-state index < -0.39 is 10.0 Å². The summed E-state index contributed by atoms with van der Waals surface area (Å²) in [6, 6.07) is 2.28. The maximum Gasteiger partial charge on any atom is 0.241 e. The molecule has 0 radical (unpaired) electrons. The summed E-state index contributed by atoms with van der Waals surface area (Å²) >= 11 is 1.38. The molecule has 1 aromatic heterocycles. The van der Waals surface area contributed by atoms with Gasteiger partial charge in [-0.15, -0.1) is 11.3 Å². The molecule has 0 aliphatic heterocycles. The van der Waals surface area contributed by atoms with E-state index in [0.29, 0.717) is 22.4 Å². The van der Waals surface area contributed by atoms with E-state index in [4.69, 9.17) is 5.73 Å². The summed E-state index contributed by atoms with van der Waals surface area (Å²) in [7, 11) is -3.42. The van der Waals surface area contributed by atoms with Gasteiger partial charge in [0.1, 0.15) is 0 Å². The largest absolute Gasteiger partial charge is 0.326 e. The van der Waals surface area contributed by atoms with Crippen LogP contribution >= 0.6 is 11.3 Å². The van der Waals surface area contributed by atoms with Crippen LogP contribution in [0.15, 0.2) is 16.3 Å². The minimum Gasteiger partial charge on any atom is -0.326 e. The molecule has 3 N–H and O–H groups in total. The number of nitrogens with zero attached hydrogens (tertiary/aromatic N) is 1. The van der Waals surface area contributed by atoms with E-state index in [0.717, 1.165) is 13.1 Å².